The van der Waals surface area contributed by atoms with Crippen LogP contribution in [0, 0.1) is 12.7 Å². The van der Waals surface area contributed by atoms with E-state index in [-0.39, 0.29) is 14.0 Å². The molecule has 0 radical (unpaired) electrons. The van der Waals surface area contributed by atoms with Gasteiger partial charge in [0.1, 0.15) is 10.0 Å². The lowest BCUT2D eigenvalue weighted by molar-refractivity contribution is 0.103. The van der Waals surface area contributed by atoms with Gasteiger partial charge in [0, 0.05) is 5.69 Å². The van der Waals surface area contributed by atoms with E-state index in [0.717, 1.165) is 16.9 Å². The third-order valence-electron chi connectivity index (χ3n) is 3.48. The number of carbonyl (C=O) groups excluding carboxylic acids is 1. The lowest BCUT2D eigenvalue weighted by Crippen LogP contribution is -2.10. The van der Waals surface area contributed by atoms with Crippen molar-refractivity contribution in [3.8, 4) is 0 Å². The van der Waals surface area contributed by atoms with Crippen LogP contribution in [0.25, 0.3) is 0 Å². The van der Waals surface area contributed by atoms with E-state index in [9.17, 15) is 17.6 Å². The maximum atomic E-state index is 13.2. The van der Waals surface area contributed by atoms with Crippen LogP contribution in [0.5, 0.6) is 0 Å². The molecule has 0 aliphatic carbocycles. The summed E-state index contributed by atoms with van der Waals surface area (Å²) in [6, 6.07) is 14.9. The van der Waals surface area contributed by atoms with Crippen molar-refractivity contribution in [2.24, 2.45) is 0 Å². The fourth-order valence-corrected chi connectivity index (χ4v) is 4.78. The quantitative estimate of drug-likeness (QED) is 0.740. The van der Waals surface area contributed by atoms with Gasteiger partial charge in [-0.3, -0.25) is 4.79 Å². The lowest BCUT2D eigenvalue weighted by atomic mass is 10.2. The Labute approximate surface area is 148 Å². The molecule has 1 aromatic heterocycles. The highest BCUT2D eigenvalue weighted by Crippen LogP contribution is 2.28. The first-order chi connectivity index (χ1) is 11.9. The van der Waals surface area contributed by atoms with Gasteiger partial charge in [0.05, 0.1) is 9.77 Å². The minimum absolute atomic E-state index is 0.0840. The first-order valence-corrected chi connectivity index (χ1v) is 9.65. The van der Waals surface area contributed by atoms with Gasteiger partial charge in [-0.2, -0.15) is 0 Å². The average molecular weight is 375 g/mol. The molecule has 25 heavy (non-hydrogen) atoms. The molecule has 4 nitrogen and oxygen atoms in total. The van der Waals surface area contributed by atoms with Gasteiger partial charge in [0.25, 0.3) is 5.91 Å². The van der Waals surface area contributed by atoms with Crippen LogP contribution in [-0.4, -0.2) is 14.3 Å². The molecule has 0 atom stereocenters. The molecule has 0 saturated heterocycles. The molecule has 0 unspecified atom stereocenters. The Morgan fingerprint density at radius 1 is 1.04 bits per heavy atom. The molecule has 7 heteroatoms. The Morgan fingerprint density at radius 3 is 2.44 bits per heavy atom. The van der Waals surface area contributed by atoms with Crippen LogP contribution >= 0.6 is 11.3 Å². The molecule has 1 amide bonds. The predicted molar refractivity (Wildman–Crippen MR) is 95.3 cm³/mol. The number of hydrogen-bond acceptors (Lipinski definition) is 4. The van der Waals surface area contributed by atoms with Crippen molar-refractivity contribution in [1.82, 2.24) is 0 Å². The highest BCUT2D eigenvalue weighted by atomic mass is 32.2. The zero-order chi connectivity index (χ0) is 18.0. The summed E-state index contributed by atoms with van der Waals surface area (Å²) in [5.41, 5.74) is 1.27. The molecule has 128 valence electrons. The first-order valence-electron chi connectivity index (χ1n) is 7.35. The third-order valence-corrected chi connectivity index (χ3v) is 6.83. The number of halogens is 1. The SMILES string of the molecule is Cc1ccc(S(=O)(=O)c2ccc(C(=O)Nc3cccc(F)c3)s2)cc1. The number of carbonyl (C=O) groups is 1. The second kappa shape index (κ2) is 6.78. The van der Waals surface area contributed by atoms with Crippen molar-refractivity contribution in [3.05, 3.63) is 76.9 Å². The van der Waals surface area contributed by atoms with E-state index in [1.165, 1.54) is 42.5 Å². The zero-order valence-corrected chi connectivity index (χ0v) is 14.8. The Hall–Kier alpha value is -2.51. The summed E-state index contributed by atoms with van der Waals surface area (Å²) in [6.45, 7) is 1.87. The fourth-order valence-electron chi connectivity index (χ4n) is 2.18. The van der Waals surface area contributed by atoms with Crippen LogP contribution in [-0.2, 0) is 9.84 Å². The molecule has 0 aliphatic heterocycles. The molecule has 0 spiro atoms. The molecule has 0 saturated carbocycles. The molecule has 2 aromatic carbocycles. The monoisotopic (exact) mass is 375 g/mol. The van der Waals surface area contributed by atoms with Gasteiger partial charge in [0.2, 0.25) is 9.84 Å². The van der Waals surface area contributed by atoms with Gasteiger partial charge in [0.15, 0.2) is 0 Å². The summed E-state index contributed by atoms with van der Waals surface area (Å²) in [5, 5.41) is 2.55. The molecule has 1 heterocycles. The van der Waals surface area contributed by atoms with E-state index in [2.05, 4.69) is 5.32 Å². The minimum atomic E-state index is -3.67. The van der Waals surface area contributed by atoms with Crippen LogP contribution < -0.4 is 5.32 Å². The van der Waals surface area contributed by atoms with Crippen LogP contribution in [0.15, 0.2) is 69.8 Å². The van der Waals surface area contributed by atoms with Crippen molar-refractivity contribution < 1.29 is 17.6 Å². The largest absolute Gasteiger partial charge is 0.321 e. The van der Waals surface area contributed by atoms with Crippen molar-refractivity contribution in [3.63, 3.8) is 0 Å². The van der Waals surface area contributed by atoms with E-state index in [4.69, 9.17) is 0 Å². The van der Waals surface area contributed by atoms with Crippen molar-refractivity contribution in [2.75, 3.05) is 5.32 Å². The number of sulfone groups is 1. The second-order valence-corrected chi connectivity index (χ2v) is 8.66. The molecule has 3 rings (SSSR count). The number of amides is 1. The summed E-state index contributed by atoms with van der Waals surface area (Å²) in [4.78, 5) is 12.6. The van der Waals surface area contributed by atoms with Crippen molar-refractivity contribution >= 4 is 32.8 Å². The van der Waals surface area contributed by atoms with Gasteiger partial charge in [-0.25, -0.2) is 12.8 Å². The molecule has 0 aliphatic rings. The molecule has 3 aromatic rings. The van der Waals surface area contributed by atoms with Gasteiger partial charge in [-0.15, -0.1) is 11.3 Å². The number of aryl methyl sites for hydroxylation is 1. The van der Waals surface area contributed by atoms with Crippen molar-refractivity contribution in [1.29, 1.82) is 0 Å². The van der Waals surface area contributed by atoms with Crippen molar-refractivity contribution in [2.45, 2.75) is 16.0 Å². The summed E-state index contributed by atoms with van der Waals surface area (Å²) in [5.74, 6) is -0.951. The molecule has 1 N–H and O–H groups in total. The number of benzene rings is 2. The third kappa shape index (κ3) is 3.78. The highest BCUT2D eigenvalue weighted by molar-refractivity contribution is 7.93. The van der Waals surface area contributed by atoms with E-state index < -0.39 is 21.6 Å². The number of hydrogen-bond donors (Lipinski definition) is 1. The van der Waals surface area contributed by atoms with Crippen LogP contribution in [0.1, 0.15) is 15.2 Å². The molecular formula is C18H14FNO3S2. The summed E-state index contributed by atoms with van der Waals surface area (Å²) < 4.78 is 38.5. The van der Waals surface area contributed by atoms with Gasteiger partial charge < -0.3 is 5.32 Å². The predicted octanol–water partition coefficient (Wildman–Crippen LogP) is 4.28. The Kier molecular flexibility index (Phi) is 4.69. The fraction of sp³-hybridized carbons (Fsp3) is 0.0556. The smallest absolute Gasteiger partial charge is 0.265 e. The normalized spacial score (nSPS) is 11.3. The first kappa shape index (κ1) is 17.3. The Balaban J connectivity index is 1.84. The maximum absolute atomic E-state index is 13.2. The van der Waals surface area contributed by atoms with E-state index in [1.807, 2.05) is 6.92 Å². The molecular weight excluding hydrogens is 361 g/mol. The van der Waals surface area contributed by atoms with E-state index >= 15 is 0 Å². The Bertz CT molecular complexity index is 1020. The average Bonchev–Trinajstić information content (AvgIpc) is 3.06. The topological polar surface area (TPSA) is 63.2 Å². The van der Waals surface area contributed by atoms with Gasteiger partial charge >= 0.3 is 0 Å². The van der Waals surface area contributed by atoms with Crippen LogP contribution in [0.3, 0.4) is 0 Å². The maximum Gasteiger partial charge on any atom is 0.265 e. The second-order valence-electron chi connectivity index (χ2n) is 5.40. The summed E-state index contributed by atoms with van der Waals surface area (Å²) in [6.07, 6.45) is 0. The Morgan fingerprint density at radius 2 is 1.76 bits per heavy atom. The van der Waals surface area contributed by atoms with Crippen LogP contribution in [0.4, 0.5) is 10.1 Å². The lowest BCUT2D eigenvalue weighted by Gasteiger charge is -2.03. The molecule has 0 bridgehead atoms. The molecule has 0 fully saturated rings. The zero-order valence-electron chi connectivity index (χ0n) is 13.2. The highest BCUT2D eigenvalue weighted by Gasteiger charge is 2.21. The van der Waals surface area contributed by atoms with E-state index in [0.29, 0.717) is 5.69 Å². The number of nitrogens with one attached hydrogen (secondary N) is 1. The van der Waals surface area contributed by atoms with Crippen LogP contribution in [0.2, 0.25) is 0 Å². The summed E-state index contributed by atoms with van der Waals surface area (Å²) >= 11 is 0.877. The minimum Gasteiger partial charge on any atom is -0.321 e. The number of rotatable bonds is 4. The number of anilines is 1. The summed E-state index contributed by atoms with van der Waals surface area (Å²) in [7, 11) is -3.67. The standard InChI is InChI=1S/C18H14FNO3S2/c1-12-5-7-15(8-6-12)25(22,23)17-10-9-16(24-17)18(21)20-14-4-2-3-13(19)11-14/h2-11H,1H3,(H,20,21). The van der Waals surface area contributed by atoms with Gasteiger partial charge in [-0.05, 0) is 49.4 Å². The van der Waals surface area contributed by atoms with Gasteiger partial charge in [-0.1, -0.05) is 23.8 Å². The number of thiophene rings is 1. The van der Waals surface area contributed by atoms with E-state index in [1.54, 1.807) is 18.2 Å².